The SMILES string of the molecule is Nc1ncnc2c1ncn2[C@@H]1O[C@H](COP(=O)(O)CP(=O)(O)OC[C@H]2O[C@@H](n3cnc4c(N)ncnc43)[C@H](O)[C@@H]2O)[C@@H](O)[C@H]1O. The fraction of sp³-hybridized carbons (Fsp3) is 0.524. The molecule has 2 fully saturated rings. The van der Waals surface area contributed by atoms with E-state index < -0.39 is 83.4 Å². The van der Waals surface area contributed by atoms with Crippen LogP contribution in [0.1, 0.15) is 12.5 Å². The highest BCUT2D eigenvalue weighted by Gasteiger charge is 2.47. The molecule has 6 heterocycles. The smallest absolute Gasteiger partial charge is 0.340 e. The summed E-state index contributed by atoms with van der Waals surface area (Å²) in [5.74, 6) is -1.24. The second kappa shape index (κ2) is 11.8. The minimum Gasteiger partial charge on any atom is -0.387 e. The van der Waals surface area contributed by atoms with E-state index in [-0.39, 0.29) is 34.0 Å². The standard InChI is InChI=1S/C21H28N10O12P2/c22-16-10-18(26-3-24-16)30(5-28-10)20-14(34)12(32)8(42-20)1-40-44(36,37)7-45(38,39)41-2-9-13(33)15(35)21(43-9)31-6-29-11-17(23)25-4-27-19(11)31/h3-6,8-9,12-15,20-21,32-35H,1-2,7H2,(H,36,37)(H,38,39)(H2,22,24,26)(H2,23,25,27)/t8-,9-,12-,13-,14-,15-,20-,21-/m1/s1. The number of anilines is 2. The van der Waals surface area contributed by atoms with E-state index in [4.69, 9.17) is 30.0 Å². The van der Waals surface area contributed by atoms with E-state index in [0.29, 0.717) is 0 Å². The van der Waals surface area contributed by atoms with Crippen molar-refractivity contribution in [3.8, 4) is 0 Å². The zero-order valence-corrected chi connectivity index (χ0v) is 24.6. The molecule has 0 bridgehead atoms. The molecule has 2 saturated heterocycles. The lowest BCUT2D eigenvalue weighted by Gasteiger charge is -2.21. The van der Waals surface area contributed by atoms with Crippen LogP contribution in [0, 0.1) is 0 Å². The van der Waals surface area contributed by atoms with Gasteiger partial charge in [-0.15, -0.1) is 0 Å². The number of aliphatic hydroxyl groups excluding tert-OH is 4. The second-order valence-corrected chi connectivity index (χ2v) is 14.5. The molecule has 4 aromatic rings. The molecule has 0 aromatic carbocycles. The van der Waals surface area contributed by atoms with Crippen LogP contribution in [0.5, 0.6) is 0 Å². The van der Waals surface area contributed by atoms with Gasteiger partial charge in [0.05, 0.1) is 25.9 Å². The van der Waals surface area contributed by atoms with Crippen molar-refractivity contribution < 1.29 is 57.9 Å². The number of nitrogen functional groups attached to an aromatic ring is 2. The van der Waals surface area contributed by atoms with Gasteiger partial charge in [0.2, 0.25) is 0 Å². The largest absolute Gasteiger partial charge is 0.387 e. The number of hydrogen-bond acceptors (Lipinski definition) is 18. The first kappa shape index (κ1) is 31.7. The van der Waals surface area contributed by atoms with Gasteiger partial charge in [0.25, 0.3) is 0 Å². The molecule has 0 radical (unpaired) electrons. The lowest BCUT2D eigenvalue weighted by atomic mass is 10.1. The number of aromatic nitrogens is 8. The van der Waals surface area contributed by atoms with E-state index in [2.05, 4.69) is 29.9 Å². The van der Waals surface area contributed by atoms with E-state index in [1.165, 1.54) is 34.4 Å². The third-order valence-corrected chi connectivity index (χ3v) is 11.2. The van der Waals surface area contributed by atoms with Crippen molar-refractivity contribution in [2.24, 2.45) is 0 Å². The predicted molar refractivity (Wildman–Crippen MR) is 148 cm³/mol. The molecule has 6 rings (SSSR count). The lowest BCUT2D eigenvalue weighted by molar-refractivity contribution is -0.0491. The highest BCUT2D eigenvalue weighted by molar-refractivity contribution is 7.70. The van der Waals surface area contributed by atoms with Crippen molar-refractivity contribution in [2.75, 3.05) is 30.6 Å². The molecule has 0 saturated carbocycles. The third kappa shape index (κ3) is 6.03. The minimum absolute atomic E-state index is 0.0704. The van der Waals surface area contributed by atoms with Gasteiger partial charge in [0, 0.05) is 0 Å². The summed E-state index contributed by atoms with van der Waals surface area (Å²) in [4.78, 5) is 44.4. The van der Waals surface area contributed by atoms with Gasteiger partial charge in [-0.2, -0.15) is 0 Å². The maximum atomic E-state index is 12.7. The highest BCUT2D eigenvalue weighted by atomic mass is 31.2. The summed E-state index contributed by atoms with van der Waals surface area (Å²) in [5, 5.41) is 42.0. The lowest BCUT2D eigenvalue weighted by Crippen LogP contribution is -2.34. The molecule has 0 aliphatic carbocycles. The highest BCUT2D eigenvalue weighted by Crippen LogP contribution is 2.58. The Labute approximate surface area is 251 Å². The molecule has 45 heavy (non-hydrogen) atoms. The Morgan fingerprint density at radius 3 is 1.49 bits per heavy atom. The van der Waals surface area contributed by atoms with Crippen LogP contribution >= 0.6 is 15.2 Å². The molecular formula is C21H28N10O12P2. The van der Waals surface area contributed by atoms with Crippen LogP contribution in [-0.2, 0) is 27.7 Å². The Morgan fingerprint density at radius 2 is 1.09 bits per heavy atom. The summed E-state index contributed by atoms with van der Waals surface area (Å²) in [6.07, 6.45) is -6.60. The van der Waals surface area contributed by atoms with E-state index >= 15 is 0 Å². The Morgan fingerprint density at radius 1 is 0.689 bits per heavy atom. The molecule has 0 amide bonds. The van der Waals surface area contributed by atoms with Crippen LogP contribution in [0.25, 0.3) is 22.3 Å². The number of imidazole rings is 2. The number of nitrogens with zero attached hydrogens (tertiary/aromatic N) is 8. The Bertz CT molecular complexity index is 1680. The van der Waals surface area contributed by atoms with Crippen molar-refractivity contribution in [2.45, 2.75) is 49.1 Å². The molecule has 244 valence electrons. The number of ether oxygens (including phenoxy) is 2. The van der Waals surface area contributed by atoms with Gasteiger partial charge in [0.1, 0.15) is 60.3 Å². The van der Waals surface area contributed by atoms with Crippen LogP contribution in [0.4, 0.5) is 11.6 Å². The number of nitrogens with two attached hydrogens (primary N) is 2. The van der Waals surface area contributed by atoms with Crippen molar-refractivity contribution in [3.63, 3.8) is 0 Å². The van der Waals surface area contributed by atoms with Crippen molar-refractivity contribution in [1.82, 2.24) is 39.0 Å². The van der Waals surface area contributed by atoms with Gasteiger partial charge in [0.15, 0.2) is 41.3 Å². The van der Waals surface area contributed by atoms with Crippen LogP contribution in [-0.4, -0.2) is 125 Å². The quantitative estimate of drug-likeness (QED) is 0.0801. The molecule has 10 atom stereocenters. The van der Waals surface area contributed by atoms with E-state index in [1.54, 1.807) is 0 Å². The number of fused-ring (bicyclic) bond motifs is 2. The summed E-state index contributed by atoms with van der Waals surface area (Å²) >= 11 is 0. The molecule has 22 nitrogen and oxygen atoms in total. The Balaban J connectivity index is 1.04. The summed E-state index contributed by atoms with van der Waals surface area (Å²) in [5.41, 5.74) is 12.4. The maximum Gasteiger partial charge on any atom is 0.340 e. The van der Waals surface area contributed by atoms with Gasteiger partial charge in [-0.1, -0.05) is 0 Å². The van der Waals surface area contributed by atoms with E-state index in [0.717, 1.165) is 0 Å². The average molecular weight is 674 g/mol. The molecule has 2 aliphatic rings. The Kier molecular flexibility index (Phi) is 8.35. The molecule has 0 spiro atoms. The summed E-state index contributed by atoms with van der Waals surface area (Å²) in [6.45, 7) is -1.53. The van der Waals surface area contributed by atoms with Crippen LogP contribution in [0.2, 0.25) is 0 Å². The van der Waals surface area contributed by atoms with Crippen LogP contribution in [0.15, 0.2) is 25.3 Å². The summed E-state index contributed by atoms with van der Waals surface area (Å²) in [6, 6.07) is 0. The normalized spacial score (nSPS) is 31.4. The fourth-order valence-corrected chi connectivity index (χ4v) is 8.21. The van der Waals surface area contributed by atoms with Crippen LogP contribution in [0.3, 0.4) is 0 Å². The van der Waals surface area contributed by atoms with Crippen molar-refractivity contribution in [1.29, 1.82) is 0 Å². The number of rotatable bonds is 10. The van der Waals surface area contributed by atoms with Gasteiger partial charge in [-0.3, -0.25) is 18.3 Å². The topological polar surface area (TPSA) is 332 Å². The summed E-state index contributed by atoms with van der Waals surface area (Å²) in [7, 11) is -9.74. The molecule has 4 aromatic heterocycles. The molecule has 2 aliphatic heterocycles. The number of hydrogen-bond donors (Lipinski definition) is 8. The van der Waals surface area contributed by atoms with Gasteiger partial charge in [-0.25, -0.2) is 29.9 Å². The van der Waals surface area contributed by atoms with Crippen LogP contribution < -0.4 is 11.5 Å². The van der Waals surface area contributed by atoms with E-state index in [9.17, 15) is 39.3 Å². The maximum absolute atomic E-state index is 12.7. The van der Waals surface area contributed by atoms with E-state index in [1.807, 2.05) is 0 Å². The van der Waals surface area contributed by atoms with Gasteiger partial charge in [-0.05, 0) is 0 Å². The van der Waals surface area contributed by atoms with Gasteiger partial charge < -0.3 is 60.2 Å². The monoisotopic (exact) mass is 674 g/mol. The zero-order valence-electron chi connectivity index (χ0n) is 22.8. The average Bonchev–Trinajstić information content (AvgIpc) is 3.73. The Hall–Kier alpha value is -3.24. The van der Waals surface area contributed by atoms with Crippen molar-refractivity contribution in [3.05, 3.63) is 25.3 Å². The molecule has 10 N–H and O–H groups in total. The zero-order chi connectivity index (χ0) is 32.3. The molecule has 24 heteroatoms. The van der Waals surface area contributed by atoms with Crippen molar-refractivity contribution >= 4 is 49.2 Å². The summed E-state index contributed by atoms with van der Waals surface area (Å²) < 4.78 is 49.1. The first-order valence-electron chi connectivity index (χ1n) is 13.1. The fourth-order valence-electron chi connectivity index (χ4n) is 4.99. The predicted octanol–water partition coefficient (Wildman–Crippen LogP) is -2.57. The third-order valence-electron chi connectivity index (χ3n) is 7.24. The first-order valence-corrected chi connectivity index (χ1v) is 16.6. The minimum atomic E-state index is -4.87. The second-order valence-electron chi connectivity index (χ2n) is 10.3. The molecule has 2 unspecified atom stereocenters. The molecular weight excluding hydrogens is 646 g/mol. The number of aliphatic hydroxyl groups is 4. The first-order chi connectivity index (χ1) is 21.3. The van der Waals surface area contributed by atoms with Gasteiger partial charge >= 0.3 is 15.2 Å².